The maximum Gasteiger partial charge on any atom is 0.159 e. The van der Waals surface area contributed by atoms with Crippen LogP contribution in [-0.4, -0.2) is 5.78 Å². The smallest absolute Gasteiger partial charge is 0.159 e. The fourth-order valence-corrected chi connectivity index (χ4v) is 3.69. The summed E-state index contributed by atoms with van der Waals surface area (Å²) >= 11 is 0. The van der Waals surface area contributed by atoms with E-state index in [-0.39, 0.29) is 5.41 Å². The summed E-state index contributed by atoms with van der Waals surface area (Å²) < 4.78 is 0. The summed E-state index contributed by atoms with van der Waals surface area (Å²) in [6.45, 7) is 8.60. The van der Waals surface area contributed by atoms with Crippen molar-refractivity contribution in [3.8, 4) is 0 Å². The number of hydrogen-bond donors (Lipinski definition) is 0. The predicted molar refractivity (Wildman–Crippen MR) is 58.0 cm³/mol. The summed E-state index contributed by atoms with van der Waals surface area (Å²) in [4.78, 5) is 11.7. The molecule has 0 saturated heterocycles. The average molecular weight is 192 g/mol. The zero-order chi connectivity index (χ0) is 10.3. The quantitative estimate of drug-likeness (QED) is 0.538. The molecule has 2 rings (SSSR count). The van der Waals surface area contributed by atoms with E-state index in [0.717, 1.165) is 12.0 Å². The minimum absolute atomic E-state index is 0.176. The van der Waals surface area contributed by atoms with Gasteiger partial charge in [0, 0.05) is 11.8 Å². The van der Waals surface area contributed by atoms with E-state index in [9.17, 15) is 4.79 Å². The van der Waals surface area contributed by atoms with Gasteiger partial charge < -0.3 is 0 Å². The van der Waals surface area contributed by atoms with E-state index >= 15 is 0 Å². The molecule has 0 bridgehead atoms. The van der Waals surface area contributed by atoms with Crippen LogP contribution in [0.1, 0.15) is 46.0 Å². The predicted octanol–water partition coefficient (Wildman–Crippen LogP) is 3.35. The monoisotopic (exact) mass is 192 g/mol. The number of ketones is 1. The first-order valence-electron chi connectivity index (χ1n) is 5.81. The molecule has 0 amide bonds. The second-order valence-electron chi connectivity index (χ2n) is 5.19. The van der Waals surface area contributed by atoms with Gasteiger partial charge in [0.1, 0.15) is 0 Å². The molecule has 0 aromatic heterocycles. The topological polar surface area (TPSA) is 17.1 Å². The van der Waals surface area contributed by atoms with Gasteiger partial charge in [-0.2, -0.15) is 0 Å². The number of carbonyl (C=O) groups excluding carboxylic acids is 1. The van der Waals surface area contributed by atoms with Crippen molar-refractivity contribution in [1.29, 1.82) is 0 Å². The average Bonchev–Trinajstić information content (AvgIpc) is 2.36. The van der Waals surface area contributed by atoms with Crippen LogP contribution in [0.2, 0.25) is 0 Å². The highest BCUT2D eigenvalue weighted by molar-refractivity contribution is 5.99. The van der Waals surface area contributed by atoms with Crippen molar-refractivity contribution in [3.63, 3.8) is 0 Å². The van der Waals surface area contributed by atoms with E-state index in [0.29, 0.717) is 17.6 Å². The Hall–Kier alpha value is -0.590. The molecule has 3 atom stereocenters. The van der Waals surface area contributed by atoms with Gasteiger partial charge in [0.25, 0.3) is 0 Å². The van der Waals surface area contributed by atoms with E-state index in [2.05, 4.69) is 20.4 Å². The molecule has 2 aliphatic rings. The Morgan fingerprint density at radius 2 is 2.00 bits per heavy atom. The molecule has 2 fully saturated rings. The second kappa shape index (κ2) is 3.22. The molecule has 0 aromatic carbocycles. The van der Waals surface area contributed by atoms with E-state index in [1.165, 1.54) is 25.7 Å². The second-order valence-corrected chi connectivity index (χ2v) is 5.19. The van der Waals surface area contributed by atoms with Crippen LogP contribution in [0.25, 0.3) is 0 Å². The van der Waals surface area contributed by atoms with Gasteiger partial charge in [0.15, 0.2) is 5.78 Å². The Balaban J connectivity index is 2.36. The van der Waals surface area contributed by atoms with Crippen LogP contribution >= 0.6 is 0 Å². The van der Waals surface area contributed by atoms with Crippen LogP contribution in [0, 0.1) is 17.3 Å². The van der Waals surface area contributed by atoms with Crippen LogP contribution in [0.15, 0.2) is 12.2 Å². The molecule has 0 N–H and O–H groups in total. The van der Waals surface area contributed by atoms with Crippen LogP contribution in [0.4, 0.5) is 0 Å². The van der Waals surface area contributed by atoms with Crippen molar-refractivity contribution < 1.29 is 4.79 Å². The molecule has 0 heterocycles. The summed E-state index contributed by atoms with van der Waals surface area (Å²) in [7, 11) is 0. The zero-order valence-electron chi connectivity index (χ0n) is 9.31. The zero-order valence-corrected chi connectivity index (χ0v) is 9.31. The van der Waals surface area contributed by atoms with Gasteiger partial charge in [-0.1, -0.05) is 33.3 Å². The summed E-state index contributed by atoms with van der Waals surface area (Å²) in [6.07, 6.45) is 5.82. The summed E-state index contributed by atoms with van der Waals surface area (Å²) in [5.41, 5.74) is 1.12. The first-order valence-corrected chi connectivity index (χ1v) is 5.81. The number of allylic oxidation sites excluding steroid dienone is 1. The van der Waals surface area contributed by atoms with Gasteiger partial charge in [-0.05, 0) is 30.3 Å². The molecular formula is C13H20O. The summed E-state index contributed by atoms with van der Waals surface area (Å²) in [5, 5.41) is 0. The Bertz CT molecular complexity index is 279. The highest BCUT2D eigenvalue weighted by Crippen LogP contribution is 2.56. The maximum absolute atomic E-state index is 11.7. The Morgan fingerprint density at radius 3 is 2.50 bits per heavy atom. The van der Waals surface area contributed by atoms with Gasteiger partial charge in [-0.25, -0.2) is 0 Å². The van der Waals surface area contributed by atoms with Gasteiger partial charge in [-0.15, -0.1) is 0 Å². The van der Waals surface area contributed by atoms with Crippen LogP contribution in [0.5, 0.6) is 0 Å². The minimum Gasteiger partial charge on any atom is -0.295 e. The first-order chi connectivity index (χ1) is 6.59. The number of rotatable bonds is 0. The molecule has 0 aliphatic heterocycles. The van der Waals surface area contributed by atoms with Gasteiger partial charge in [-0.3, -0.25) is 4.79 Å². The minimum atomic E-state index is 0.176. The molecule has 0 radical (unpaired) electrons. The van der Waals surface area contributed by atoms with Crippen molar-refractivity contribution in [3.05, 3.63) is 12.2 Å². The molecule has 0 aromatic rings. The van der Waals surface area contributed by atoms with Crippen molar-refractivity contribution in [2.45, 2.75) is 46.0 Å². The lowest BCUT2D eigenvalue weighted by atomic mass is 9.60. The molecule has 0 unspecified atom stereocenters. The highest BCUT2D eigenvalue weighted by atomic mass is 16.1. The Labute approximate surface area is 86.6 Å². The van der Waals surface area contributed by atoms with E-state index in [4.69, 9.17) is 0 Å². The largest absolute Gasteiger partial charge is 0.295 e. The van der Waals surface area contributed by atoms with Gasteiger partial charge >= 0.3 is 0 Å². The molecular weight excluding hydrogens is 172 g/mol. The lowest BCUT2D eigenvalue weighted by Crippen LogP contribution is -2.36. The van der Waals surface area contributed by atoms with E-state index in [1.54, 1.807) is 0 Å². The van der Waals surface area contributed by atoms with Crippen LogP contribution < -0.4 is 0 Å². The molecule has 1 heteroatoms. The Kier molecular flexibility index (Phi) is 2.29. The fourth-order valence-electron chi connectivity index (χ4n) is 3.69. The van der Waals surface area contributed by atoms with Crippen LogP contribution in [0.3, 0.4) is 0 Å². The van der Waals surface area contributed by atoms with Crippen molar-refractivity contribution in [2.75, 3.05) is 0 Å². The lowest BCUT2D eigenvalue weighted by molar-refractivity contribution is -0.114. The van der Waals surface area contributed by atoms with Gasteiger partial charge in [0.2, 0.25) is 0 Å². The Morgan fingerprint density at radius 1 is 1.29 bits per heavy atom. The summed E-state index contributed by atoms with van der Waals surface area (Å²) in [6, 6.07) is 0. The maximum atomic E-state index is 11.7. The van der Waals surface area contributed by atoms with E-state index < -0.39 is 0 Å². The van der Waals surface area contributed by atoms with E-state index in [1.807, 2.05) is 0 Å². The number of carbonyl (C=O) groups is 1. The van der Waals surface area contributed by atoms with Crippen molar-refractivity contribution in [2.24, 2.45) is 17.3 Å². The highest BCUT2D eigenvalue weighted by Gasteiger charge is 2.51. The summed E-state index contributed by atoms with van der Waals surface area (Å²) in [5.74, 6) is 1.51. The molecule has 2 saturated carbocycles. The van der Waals surface area contributed by atoms with Crippen molar-refractivity contribution >= 4 is 5.78 Å². The molecule has 2 aliphatic carbocycles. The molecule has 14 heavy (non-hydrogen) atoms. The van der Waals surface area contributed by atoms with Crippen LogP contribution in [-0.2, 0) is 4.79 Å². The standard InChI is InChI=1S/C13H20O/c1-9-6-4-5-7-13(9)10(2)8-12(14)11(13)3/h9-10H,3-8H2,1-2H3/t9-,10+,13+/m1/s1. The molecule has 78 valence electrons. The van der Waals surface area contributed by atoms with Crippen molar-refractivity contribution in [1.82, 2.24) is 0 Å². The normalized spacial score (nSPS) is 43.6. The molecule has 1 nitrogen and oxygen atoms in total. The fraction of sp³-hybridized carbons (Fsp3) is 0.769. The SMILES string of the molecule is C=C1C(=O)C[C@H](C)[C@@]12CCCC[C@H]2C. The third-order valence-corrected chi connectivity index (χ3v) is 4.63. The molecule has 1 spiro atoms. The number of hydrogen-bond acceptors (Lipinski definition) is 1. The van der Waals surface area contributed by atoms with Gasteiger partial charge in [0.05, 0.1) is 0 Å². The lowest BCUT2D eigenvalue weighted by Gasteiger charge is -2.43. The number of Topliss-reactive ketones (excluding diaryl/α,β-unsaturated/α-hetero) is 1. The third kappa shape index (κ3) is 1.11. The first kappa shape index (κ1) is 9.95. The third-order valence-electron chi connectivity index (χ3n) is 4.63.